The first-order chi connectivity index (χ1) is 14.7. The van der Waals surface area contributed by atoms with Gasteiger partial charge in [-0.05, 0) is 17.7 Å². The number of anilines is 1. The second kappa shape index (κ2) is 9.28. The Kier molecular flexibility index (Phi) is 6.53. The van der Waals surface area contributed by atoms with Gasteiger partial charge in [-0.25, -0.2) is 0 Å². The molecule has 0 unspecified atom stereocenters. The molecule has 0 aliphatic carbocycles. The van der Waals surface area contributed by atoms with E-state index in [1.165, 1.54) is 6.20 Å². The van der Waals surface area contributed by atoms with Gasteiger partial charge >= 0.3 is 6.18 Å². The molecule has 162 valence electrons. The molecule has 0 aliphatic heterocycles. The maximum Gasteiger partial charge on any atom is 0.416 e. The van der Waals surface area contributed by atoms with Crippen LogP contribution in [0, 0.1) is 10.1 Å². The Balaban J connectivity index is 1.53. The summed E-state index contributed by atoms with van der Waals surface area (Å²) in [5, 5.41) is 20.5. The molecule has 0 spiro atoms. The second-order valence-corrected chi connectivity index (χ2v) is 6.58. The van der Waals surface area contributed by atoms with Crippen LogP contribution in [-0.2, 0) is 12.7 Å². The van der Waals surface area contributed by atoms with Crippen LogP contribution in [0.1, 0.15) is 21.5 Å². The summed E-state index contributed by atoms with van der Waals surface area (Å²) < 4.78 is 39.9. The van der Waals surface area contributed by atoms with Gasteiger partial charge in [0, 0.05) is 25.4 Å². The van der Waals surface area contributed by atoms with E-state index in [1.807, 2.05) is 30.3 Å². The standard InChI is InChI=1S/C20H18F3N5O3/c21-20(22,23)16-6-7-17(18(10-16)28(30)31)24-8-9-25-19(29)15-11-26-27(13-15)12-14-4-2-1-3-5-14/h1-7,10-11,13,24H,8-9,12H2,(H,25,29). The molecule has 0 radical (unpaired) electrons. The minimum atomic E-state index is -4.68. The Morgan fingerprint density at radius 3 is 2.55 bits per heavy atom. The number of alkyl halides is 3. The van der Waals surface area contributed by atoms with Crippen LogP contribution >= 0.6 is 0 Å². The third-order valence-electron chi connectivity index (χ3n) is 4.33. The number of nitrogens with one attached hydrogen (secondary N) is 2. The molecule has 11 heteroatoms. The quantitative estimate of drug-likeness (QED) is 0.320. The predicted octanol–water partition coefficient (Wildman–Crippen LogP) is 3.70. The smallest absolute Gasteiger partial charge is 0.378 e. The van der Waals surface area contributed by atoms with Gasteiger partial charge in [0.2, 0.25) is 0 Å². The van der Waals surface area contributed by atoms with Gasteiger partial charge in [-0.15, -0.1) is 0 Å². The van der Waals surface area contributed by atoms with E-state index in [0.29, 0.717) is 18.2 Å². The van der Waals surface area contributed by atoms with Crippen LogP contribution in [0.15, 0.2) is 60.9 Å². The van der Waals surface area contributed by atoms with Crippen molar-refractivity contribution in [3.05, 3.63) is 87.7 Å². The molecule has 0 saturated carbocycles. The Bertz CT molecular complexity index is 1070. The fourth-order valence-electron chi connectivity index (χ4n) is 2.82. The molecule has 3 rings (SSSR count). The fourth-order valence-corrected chi connectivity index (χ4v) is 2.82. The Hall–Kier alpha value is -3.89. The molecule has 1 aromatic heterocycles. The highest BCUT2D eigenvalue weighted by molar-refractivity contribution is 5.93. The van der Waals surface area contributed by atoms with Crippen LogP contribution in [-0.4, -0.2) is 33.7 Å². The van der Waals surface area contributed by atoms with Crippen molar-refractivity contribution in [2.75, 3.05) is 18.4 Å². The maximum absolute atomic E-state index is 12.7. The average Bonchev–Trinajstić information content (AvgIpc) is 3.19. The molecule has 1 amide bonds. The molecule has 0 saturated heterocycles. The van der Waals surface area contributed by atoms with Crippen LogP contribution in [0.3, 0.4) is 0 Å². The Morgan fingerprint density at radius 2 is 1.87 bits per heavy atom. The lowest BCUT2D eigenvalue weighted by atomic mass is 10.1. The maximum atomic E-state index is 12.7. The van der Waals surface area contributed by atoms with Crippen molar-refractivity contribution < 1.29 is 22.9 Å². The zero-order valence-electron chi connectivity index (χ0n) is 16.1. The monoisotopic (exact) mass is 433 g/mol. The van der Waals surface area contributed by atoms with E-state index in [4.69, 9.17) is 0 Å². The first-order valence-electron chi connectivity index (χ1n) is 9.18. The molecule has 1 heterocycles. The fraction of sp³-hybridized carbons (Fsp3) is 0.200. The van der Waals surface area contributed by atoms with Crippen molar-refractivity contribution in [3.63, 3.8) is 0 Å². The van der Waals surface area contributed by atoms with E-state index in [1.54, 1.807) is 10.9 Å². The third kappa shape index (κ3) is 5.81. The molecule has 3 aromatic rings. The van der Waals surface area contributed by atoms with Crippen molar-refractivity contribution in [2.45, 2.75) is 12.7 Å². The van der Waals surface area contributed by atoms with E-state index in [2.05, 4.69) is 15.7 Å². The van der Waals surface area contributed by atoms with E-state index in [0.717, 1.165) is 17.7 Å². The van der Waals surface area contributed by atoms with Crippen molar-refractivity contribution in [1.29, 1.82) is 0 Å². The van der Waals surface area contributed by atoms with Gasteiger partial charge < -0.3 is 10.6 Å². The summed E-state index contributed by atoms with van der Waals surface area (Å²) in [5.41, 5.74) is -0.492. The molecule has 31 heavy (non-hydrogen) atoms. The molecule has 0 bridgehead atoms. The zero-order chi connectivity index (χ0) is 22.4. The molecule has 0 aliphatic rings. The molecular weight excluding hydrogens is 415 g/mol. The lowest BCUT2D eigenvalue weighted by Crippen LogP contribution is -2.28. The van der Waals surface area contributed by atoms with E-state index < -0.39 is 22.4 Å². The summed E-state index contributed by atoms with van der Waals surface area (Å²) >= 11 is 0. The molecule has 2 aromatic carbocycles. The first kappa shape index (κ1) is 21.8. The number of rotatable bonds is 8. The van der Waals surface area contributed by atoms with E-state index in [-0.39, 0.29) is 24.7 Å². The summed E-state index contributed by atoms with van der Waals surface area (Å²) in [6.45, 7) is 0.685. The molecular formula is C20H18F3N5O3. The number of nitro benzene ring substituents is 1. The Morgan fingerprint density at radius 1 is 1.13 bits per heavy atom. The largest absolute Gasteiger partial charge is 0.416 e. The second-order valence-electron chi connectivity index (χ2n) is 6.58. The summed E-state index contributed by atoms with van der Waals surface area (Å²) in [5.74, 6) is -0.386. The summed E-state index contributed by atoms with van der Waals surface area (Å²) in [4.78, 5) is 22.4. The van der Waals surface area contributed by atoms with Crippen LogP contribution in [0.25, 0.3) is 0 Å². The van der Waals surface area contributed by atoms with Crippen LogP contribution < -0.4 is 10.6 Å². The number of carbonyl (C=O) groups excluding carboxylic acids is 1. The molecule has 0 fully saturated rings. The van der Waals surface area contributed by atoms with Gasteiger partial charge in [0.15, 0.2) is 0 Å². The lowest BCUT2D eigenvalue weighted by Gasteiger charge is -2.11. The zero-order valence-corrected chi connectivity index (χ0v) is 16.1. The SMILES string of the molecule is O=C(NCCNc1ccc(C(F)(F)F)cc1[N+](=O)[O-])c1cnn(Cc2ccccc2)c1. The van der Waals surface area contributed by atoms with E-state index in [9.17, 15) is 28.1 Å². The van der Waals surface area contributed by atoms with Gasteiger partial charge in [0.25, 0.3) is 11.6 Å². The molecule has 8 nitrogen and oxygen atoms in total. The van der Waals surface area contributed by atoms with Crippen molar-refractivity contribution in [2.24, 2.45) is 0 Å². The highest BCUT2D eigenvalue weighted by Gasteiger charge is 2.33. The summed E-state index contributed by atoms with van der Waals surface area (Å²) in [6.07, 6.45) is -1.66. The number of benzene rings is 2. The van der Waals surface area contributed by atoms with Crippen LogP contribution in [0.5, 0.6) is 0 Å². The number of halogens is 3. The highest BCUT2D eigenvalue weighted by atomic mass is 19.4. The topological polar surface area (TPSA) is 102 Å². The van der Waals surface area contributed by atoms with Crippen molar-refractivity contribution in [3.8, 4) is 0 Å². The number of nitro groups is 1. The van der Waals surface area contributed by atoms with Gasteiger partial charge in [-0.2, -0.15) is 18.3 Å². The van der Waals surface area contributed by atoms with Gasteiger partial charge in [0.05, 0.1) is 28.8 Å². The minimum absolute atomic E-state index is 0.0667. The summed E-state index contributed by atoms with van der Waals surface area (Å²) in [7, 11) is 0. The number of hydrogen-bond donors (Lipinski definition) is 2. The van der Waals surface area contributed by atoms with Crippen molar-refractivity contribution >= 4 is 17.3 Å². The van der Waals surface area contributed by atoms with Gasteiger partial charge in [0.1, 0.15) is 5.69 Å². The number of nitrogens with zero attached hydrogens (tertiary/aromatic N) is 3. The van der Waals surface area contributed by atoms with Gasteiger partial charge in [-0.3, -0.25) is 19.6 Å². The van der Waals surface area contributed by atoms with E-state index >= 15 is 0 Å². The van der Waals surface area contributed by atoms with Crippen molar-refractivity contribution in [1.82, 2.24) is 15.1 Å². The average molecular weight is 433 g/mol. The predicted molar refractivity (Wildman–Crippen MR) is 107 cm³/mol. The van der Waals surface area contributed by atoms with Gasteiger partial charge in [-0.1, -0.05) is 30.3 Å². The number of aromatic nitrogens is 2. The number of carbonyl (C=O) groups is 1. The van der Waals surface area contributed by atoms with Crippen LogP contribution in [0.4, 0.5) is 24.5 Å². The molecule has 2 N–H and O–H groups in total. The third-order valence-corrected chi connectivity index (χ3v) is 4.33. The van der Waals surface area contributed by atoms with Crippen LogP contribution in [0.2, 0.25) is 0 Å². The minimum Gasteiger partial charge on any atom is -0.378 e. The normalized spacial score (nSPS) is 11.2. The highest BCUT2D eigenvalue weighted by Crippen LogP contribution is 2.34. The number of amides is 1. The number of hydrogen-bond acceptors (Lipinski definition) is 5. The lowest BCUT2D eigenvalue weighted by molar-refractivity contribution is -0.384. The Labute approximate surface area is 174 Å². The summed E-state index contributed by atoms with van der Waals surface area (Å²) in [6, 6.07) is 11.8. The first-order valence-corrected chi connectivity index (χ1v) is 9.18. The molecule has 0 atom stereocenters.